The number of amides is 1. The quantitative estimate of drug-likeness (QED) is 0.820. The average molecular weight is 272 g/mol. The minimum Gasteiger partial charge on any atom is -0.488 e. The van der Waals surface area contributed by atoms with Gasteiger partial charge in [-0.3, -0.25) is 4.79 Å². The molecule has 0 atom stereocenters. The van der Waals surface area contributed by atoms with Crippen molar-refractivity contribution in [3.05, 3.63) is 35.4 Å². The van der Waals surface area contributed by atoms with E-state index in [1.54, 1.807) is 0 Å². The number of piperazine rings is 1. The van der Waals surface area contributed by atoms with Crippen LogP contribution in [0.25, 0.3) is 6.08 Å². The second-order valence-electron chi connectivity index (χ2n) is 5.22. The summed E-state index contributed by atoms with van der Waals surface area (Å²) in [6.07, 6.45) is 1.97. The highest BCUT2D eigenvalue weighted by atomic mass is 16.5. The van der Waals surface area contributed by atoms with Crippen molar-refractivity contribution in [2.75, 3.05) is 39.3 Å². The highest BCUT2D eigenvalue weighted by molar-refractivity contribution is 5.99. The highest BCUT2D eigenvalue weighted by Gasteiger charge is 2.25. The predicted octanol–water partition coefficient (Wildman–Crippen LogP) is 1.63. The molecule has 0 N–H and O–H groups in total. The molecule has 0 aliphatic carbocycles. The second-order valence-corrected chi connectivity index (χ2v) is 5.22. The molecule has 2 heterocycles. The molecule has 4 heteroatoms. The van der Waals surface area contributed by atoms with Crippen LogP contribution in [0.3, 0.4) is 0 Å². The Hall–Kier alpha value is -1.81. The third-order valence-electron chi connectivity index (χ3n) is 4.01. The van der Waals surface area contributed by atoms with Gasteiger partial charge in [-0.05, 0) is 18.7 Å². The van der Waals surface area contributed by atoms with E-state index in [9.17, 15) is 4.79 Å². The molecule has 0 radical (unpaired) electrons. The van der Waals surface area contributed by atoms with Gasteiger partial charge >= 0.3 is 0 Å². The summed E-state index contributed by atoms with van der Waals surface area (Å²) in [5.41, 5.74) is 1.75. The van der Waals surface area contributed by atoms with E-state index < -0.39 is 0 Å². The van der Waals surface area contributed by atoms with E-state index in [2.05, 4.69) is 11.8 Å². The van der Waals surface area contributed by atoms with Crippen molar-refractivity contribution < 1.29 is 9.53 Å². The topological polar surface area (TPSA) is 32.8 Å². The van der Waals surface area contributed by atoms with Crippen LogP contribution in [0, 0.1) is 0 Å². The molecule has 0 aromatic heterocycles. The first-order valence-corrected chi connectivity index (χ1v) is 7.22. The smallest absolute Gasteiger partial charge is 0.253 e. The van der Waals surface area contributed by atoms with E-state index in [0.717, 1.165) is 49.6 Å². The van der Waals surface area contributed by atoms with Crippen LogP contribution in [0.2, 0.25) is 0 Å². The number of hydrogen-bond donors (Lipinski definition) is 0. The molecule has 1 fully saturated rings. The molecule has 1 saturated heterocycles. The van der Waals surface area contributed by atoms with Crippen molar-refractivity contribution in [3.63, 3.8) is 0 Å². The van der Waals surface area contributed by atoms with Crippen molar-refractivity contribution in [2.45, 2.75) is 6.92 Å². The molecular formula is C16H20N2O2. The molecule has 20 heavy (non-hydrogen) atoms. The maximum absolute atomic E-state index is 12.5. The number of benzene rings is 1. The fourth-order valence-corrected chi connectivity index (χ4v) is 2.71. The molecule has 2 aliphatic heterocycles. The van der Waals surface area contributed by atoms with Crippen LogP contribution in [0.15, 0.2) is 29.8 Å². The Morgan fingerprint density at radius 3 is 2.70 bits per heavy atom. The fourth-order valence-electron chi connectivity index (χ4n) is 2.71. The Balaban J connectivity index is 1.71. The fraction of sp³-hybridized carbons (Fsp3) is 0.438. The Kier molecular flexibility index (Phi) is 3.74. The van der Waals surface area contributed by atoms with Gasteiger partial charge in [-0.15, -0.1) is 0 Å². The zero-order chi connectivity index (χ0) is 13.9. The molecule has 2 aliphatic rings. The first kappa shape index (κ1) is 13.2. The molecule has 1 aromatic rings. The van der Waals surface area contributed by atoms with Gasteiger partial charge in [0, 0.05) is 31.7 Å². The van der Waals surface area contributed by atoms with E-state index in [0.29, 0.717) is 6.61 Å². The zero-order valence-electron chi connectivity index (χ0n) is 11.8. The van der Waals surface area contributed by atoms with Crippen molar-refractivity contribution >= 4 is 12.0 Å². The van der Waals surface area contributed by atoms with Gasteiger partial charge in [-0.1, -0.05) is 25.1 Å². The number of para-hydroxylation sites is 1. The van der Waals surface area contributed by atoms with Crippen LogP contribution >= 0.6 is 0 Å². The van der Waals surface area contributed by atoms with Gasteiger partial charge in [0.1, 0.15) is 12.4 Å². The molecule has 0 bridgehead atoms. The maximum Gasteiger partial charge on any atom is 0.253 e. The second kappa shape index (κ2) is 5.67. The lowest BCUT2D eigenvalue weighted by Crippen LogP contribution is -2.49. The minimum absolute atomic E-state index is 0.121. The van der Waals surface area contributed by atoms with Crippen LogP contribution in [-0.4, -0.2) is 55.0 Å². The summed E-state index contributed by atoms with van der Waals surface area (Å²) in [7, 11) is 0. The SMILES string of the molecule is CCN1CCN(C(=O)C2=Cc3ccccc3OC2)CC1. The summed E-state index contributed by atoms with van der Waals surface area (Å²) >= 11 is 0. The molecule has 0 saturated carbocycles. The van der Waals surface area contributed by atoms with Crippen molar-refractivity contribution in [2.24, 2.45) is 0 Å². The molecule has 0 unspecified atom stereocenters. The van der Waals surface area contributed by atoms with Crippen LogP contribution in [0.4, 0.5) is 0 Å². The molecule has 1 amide bonds. The number of fused-ring (bicyclic) bond motifs is 1. The van der Waals surface area contributed by atoms with Gasteiger partial charge in [0.15, 0.2) is 0 Å². The number of nitrogens with zero attached hydrogens (tertiary/aromatic N) is 2. The van der Waals surface area contributed by atoms with Gasteiger partial charge in [0.25, 0.3) is 5.91 Å². The summed E-state index contributed by atoms with van der Waals surface area (Å²) < 4.78 is 5.66. The first-order chi connectivity index (χ1) is 9.78. The van der Waals surface area contributed by atoms with E-state index in [-0.39, 0.29) is 5.91 Å². The molecule has 4 nitrogen and oxygen atoms in total. The van der Waals surface area contributed by atoms with Gasteiger partial charge < -0.3 is 14.5 Å². The average Bonchev–Trinajstić information content (AvgIpc) is 2.54. The number of ether oxygens (including phenoxy) is 1. The number of rotatable bonds is 2. The van der Waals surface area contributed by atoms with E-state index >= 15 is 0 Å². The minimum atomic E-state index is 0.121. The number of hydrogen-bond acceptors (Lipinski definition) is 3. The normalized spacial score (nSPS) is 19.1. The summed E-state index contributed by atoms with van der Waals surface area (Å²) in [4.78, 5) is 16.8. The first-order valence-electron chi connectivity index (χ1n) is 7.22. The Bertz CT molecular complexity index is 531. The van der Waals surface area contributed by atoms with Gasteiger partial charge in [-0.25, -0.2) is 0 Å². The Labute approximate surface area is 119 Å². The van der Waals surface area contributed by atoms with Crippen molar-refractivity contribution in [3.8, 4) is 5.75 Å². The predicted molar refractivity (Wildman–Crippen MR) is 78.6 cm³/mol. The zero-order valence-corrected chi connectivity index (χ0v) is 11.8. The van der Waals surface area contributed by atoms with E-state index in [4.69, 9.17) is 4.74 Å². The van der Waals surface area contributed by atoms with Gasteiger partial charge in [-0.2, -0.15) is 0 Å². The lowest BCUT2D eigenvalue weighted by atomic mass is 10.1. The maximum atomic E-state index is 12.5. The number of carbonyl (C=O) groups is 1. The summed E-state index contributed by atoms with van der Waals surface area (Å²) in [6.45, 7) is 7.15. The van der Waals surface area contributed by atoms with Crippen molar-refractivity contribution in [1.29, 1.82) is 0 Å². The third-order valence-corrected chi connectivity index (χ3v) is 4.01. The summed E-state index contributed by atoms with van der Waals surface area (Å²) in [5.74, 6) is 0.982. The number of carbonyl (C=O) groups excluding carboxylic acids is 1. The van der Waals surface area contributed by atoms with Gasteiger partial charge in [0.2, 0.25) is 0 Å². The van der Waals surface area contributed by atoms with Crippen LogP contribution in [-0.2, 0) is 4.79 Å². The standard InChI is InChI=1S/C16H20N2O2/c1-2-17-7-9-18(10-8-17)16(19)14-11-13-5-3-4-6-15(13)20-12-14/h3-6,11H,2,7-10,12H2,1H3. The lowest BCUT2D eigenvalue weighted by Gasteiger charge is -2.34. The van der Waals surface area contributed by atoms with Crippen LogP contribution in [0.5, 0.6) is 5.75 Å². The van der Waals surface area contributed by atoms with E-state index in [1.807, 2.05) is 35.2 Å². The molecule has 0 spiro atoms. The third kappa shape index (κ3) is 2.56. The van der Waals surface area contributed by atoms with Crippen LogP contribution < -0.4 is 4.74 Å². The molecular weight excluding hydrogens is 252 g/mol. The molecule has 1 aromatic carbocycles. The Morgan fingerprint density at radius 1 is 1.20 bits per heavy atom. The number of likely N-dealkylation sites (N-methyl/N-ethyl adjacent to an activating group) is 1. The monoisotopic (exact) mass is 272 g/mol. The van der Waals surface area contributed by atoms with Gasteiger partial charge in [0.05, 0.1) is 5.57 Å². The molecule has 3 rings (SSSR count). The van der Waals surface area contributed by atoms with E-state index in [1.165, 1.54) is 0 Å². The lowest BCUT2D eigenvalue weighted by molar-refractivity contribution is -0.129. The summed E-state index contributed by atoms with van der Waals surface area (Å²) in [5, 5.41) is 0. The Morgan fingerprint density at radius 2 is 1.95 bits per heavy atom. The van der Waals surface area contributed by atoms with Crippen molar-refractivity contribution in [1.82, 2.24) is 9.80 Å². The molecule has 106 valence electrons. The summed E-state index contributed by atoms with van der Waals surface area (Å²) in [6, 6.07) is 7.83. The van der Waals surface area contributed by atoms with Crippen LogP contribution in [0.1, 0.15) is 12.5 Å². The largest absolute Gasteiger partial charge is 0.488 e. The highest BCUT2D eigenvalue weighted by Crippen LogP contribution is 2.26.